The lowest BCUT2D eigenvalue weighted by Crippen LogP contribution is -2.30. The highest BCUT2D eigenvalue weighted by molar-refractivity contribution is 8.42. The molecule has 0 heterocycles. The number of hydrogen-bond acceptors (Lipinski definition) is 15. The second-order valence-corrected chi connectivity index (χ2v) is 15.1. The van der Waals surface area contributed by atoms with Gasteiger partial charge in [0.05, 0.1) is 13.2 Å². The molecule has 2 atom stereocenters. The van der Waals surface area contributed by atoms with Gasteiger partial charge in [0.2, 0.25) is 11.8 Å². The Labute approximate surface area is 230 Å². The van der Waals surface area contributed by atoms with Gasteiger partial charge in [-0.25, -0.2) is 4.90 Å². The molecular formula is C16H31NO11P5S3+3. The van der Waals surface area contributed by atoms with Crippen LogP contribution in [0, 0.1) is 0 Å². The van der Waals surface area contributed by atoms with Gasteiger partial charge in [0.15, 0.2) is 12.6 Å². The summed E-state index contributed by atoms with van der Waals surface area (Å²) in [6.45, 7) is 1.86. The Kier molecular flexibility index (Phi) is 19.0. The van der Waals surface area contributed by atoms with Crippen molar-refractivity contribution < 1.29 is 52.0 Å². The van der Waals surface area contributed by atoms with Crippen molar-refractivity contribution >= 4 is 74.1 Å². The monoisotopic (exact) mass is 664 g/mol. The molecule has 0 radical (unpaired) electrons. The highest BCUT2D eigenvalue weighted by atomic mass is 32.7. The van der Waals surface area contributed by atoms with Crippen LogP contribution in [-0.2, 0) is 48.1 Å². The van der Waals surface area contributed by atoms with Crippen molar-refractivity contribution in [3.05, 3.63) is 29.8 Å². The number of hydrogen-bond donors (Lipinski definition) is 7. The third-order valence-electron chi connectivity index (χ3n) is 3.92. The van der Waals surface area contributed by atoms with Crippen LogP contribution in [0.1, 0.15) is 18.4 Å². The molecule has 0 fully saturated rings. The predicted molar refractivity (Wildman–Crippen MR) is 152 cm³/mol. The van der Waals surface area contributed by atoms with Gasteiger partial charge in [-0.3, -0.25) is 0 Å². The zero-order valence-electron chi connectivity index (χ0n) is 19.1. The molecule has 0 saturated carbocycles. The molecule has 0 aromatic heterocycles. The second-order valence-electron chi connectivity index (χ2n) is 7.12. The summed E-state index contributed by atoms with van der Waals surface area (Å²) in [6, 6.07) is 6.96. The highest BCUT2D eigenvalue weighted by Gasteiger charge is 2.40. The Morgan fingerprint density at radius 3 is 2.00 bits per heavy atom. The summed E-state index contributed by atoms with van der Waals surface area (Å²) in [7, 11) is -10.7. The normalized spacial score (nSPS) is 13.8. The summed E-state index contributed by atoms with van der Waals surface area (Å²) in [5.74, 6) is 0.534. The van der Waals surface area contributed by atoms with E-state index in [1.54, 1.807) is 24.3 Å². The van der Waals surface area contributed by atoms with Crippen LogP contribution in [0.3, 0.4) is 0 Å². The van der Waals surface area contributed by atoms with Crippen LogP contribution < -0.4 is 4.52 Å². The van der Waals surface area contributed by atoms with E-state index in [0.29, 0.717) is 59.0 Å². The van der Waals surface area contributed by atoms with Crippen LogP contribution in [0.25, 0.3) is 0 Å². The first-order valence-corrected chi connectivity index (χ1v) is 20.3. The number of thiol groups is 1. The fourth-order valence-corrected chi connectivity index (χ4v) is 6.91. The van der Waals surface area contributed by atoms with Crippen molar-refractivity contribution in [3.8, 4) is 5.75 Å². The average Bonchev–Trinajstić information content (AvgIpc) is 2.76. The molecule has 0 amide bonds. The molecule has 0 bridgehead atoms. The van der Waals surface area contributed by atoms with E-state index >= 15 is 0 Å². The maximum atomic E-state index is 9.26. The standard InChI is InChI=1S/C16H31NO11P5S3/c18-32(19,20)13-17(14-33(21,22)23)8-7-15-3-5-16(6-4-15)28-31(36)27-12-2-11-26-30(35)25-10-1-9-24-29-34/h3-6,18-23,36H,1-2,7-14H2/q+3. The molecule has 1 aromatic carbocycles. The van der Waals surface area contributed by atoms with E-state index in [4.69, 9.17) is 34.4 Å². The Bertz CT molecular complexity index is 758. The number of nitrogens with zero attached hydrogens (tertiary/aromatic N) is 1. The van der Waals surface area contributed by atoms with Gasteiger partial charge in [0, 0.05) is 6.54 Å². The van der Waals surface area contributed by atoms with Crippen LogP contribution in [0.4, 0.5) is 0 Å². The smallest absolute Gasteiger partial charge is 0.440 e. The fraction of sp³-hybridized carbons (Fsp3) is 0.625. The van der Waals surface area contributed by atoms with Crippen LogP contribution >= 0.6 is 50.4 Å². The molecule has 1 aromatic rings. The topological polar surface area (TPSA) is 171 Å². The third-order valence-corrected chi connectivity index (χ3v) is 8.86. The molecule has 12 nitrogen and oxygen atoms in total. The van der Waals surface area contributed by atoms with Crippen molar-refractivity contribution in [2.24, 2.45) is 0 Å². The lowest BCUT2D eigenvalue weighted by atomic mass is 10.1. The fourth-order valence-electron chi connectivity index (χ4n) is 2.52. The summed E-state index contributed by atoms with van der Waals surface area (Å²) in [6.07, 6.45) is 0.493. The molecule has 1 rings (SSSR count). The van der Waals surface area contributed by atoms with Crippen LogP contribution in [0.5, 0.6) is 5.75 Å². The summed E-state index contributed by atoms with van der Waals surface area (Å²) in [4.78, 5) is 56.8. The van der Waals surface area contributed by atoms with Gasteiger partial charge in [-0.05, 0) is 48.8 Å². The zero-order valence-corrected chi connectivity index (χ0v) is 26.1. The second kappa shape index (κ2) is 19.4. The Balaban J connectivity index is 2.29. The number of rotatable bonds is 21. The molecule has 6 N–H and O–H groups in total. The van der Waals surface area contributed by atoms with Gasteiger partial charge < -0.3 is 13.6 Å². The van der Waals surface area contributed by atoms with Crippen molar-refractivity contribution in [2.45, 2.75) is 19.3 Å². The zero-order chi connectivity index (χ0) is 27.0. The molecule has 0 aliphatic rings. The Morgan fingerprint density at radius 2 is 1.47 bits per heavy atom. The molecule has 206 valence electrons. The lowest BCUT2D eigenvalue weighted by Gasteiger charge is -2.20. The Hall–Kier alpha value is 1.26. The van der Waals surface area contributed by atoms with Gasteiger partial charge in [0.25, 0.3) is 7.58 Å². The molecule has 0 aliphatic heterocycles. The Morgan fingerprint density at radius 1 is 0.917 bits per heavy atom. The minimum Gasteiger partial charge on any atom is -0.440 e. The molecule has 0 saturated heterocycles. The first-order chi connectivity index (χ1) is 16.9. The highest BCUT2D eigenvalue weighted by Crippen LogP contribution is 2.50. The van der Waals surface area contributed by atoms with E-state index in [-0.39, 0.29) is 6.54 Å². The van der Waals surface area contributed by atoms with Crippen LogP contribution in [-0.4, -0.2) is 79.8 Å². The van der Waals surface area contributed by atoms with Crippen molar-refractivity contribution in [1.29, 1.82) is 0 Å². The van der Waals surface area contributed by atoms with Gasteiger partial charge in [-0.1, -0.05) is 24.4 Å². The first-order valence-electron chi connectivity index (χ1n) is 10.3. The number of benzene rings is 1. The molecular weight excluding hydrogens is 633 g/mol. The molecule has 20 heteroatoms. The molecule has 36 heavy (non-hydrogen) atoms. The van der Waals surface area contributed by atoms with Crippen LogP contribution in [0.15, 0.2) is 24.3 Å². The summed E-state index contributed by atoms with van der Waals surface area (Å²) >= 11 is 14.1. The maximum Gasteiger partial charge on any atom is 0.521 e. The van der Waals surface area contributed by atoms with Crippen molar-refractivity contribution in [1.82, 2.24) is 4.90 Å². The summed E-state index contributed by atoms with van der Waals surface area (Å²) in [5, 5.41) is 0. The molecule has 0 aliphatic carbocycles. The van der Waals surface area contributed by atoms with Crippen LogP contribution in [0.2, 0.25) is 0 Å². The van der Waals surface area contributed by atoms with Crippen molar-refractivity contribution in [3.63, 3.8) is 0 Å². The first kappa shape index (κ1) is 35.3. The van der Waals surface area contributed by atoms with E-state index in [1.807, 2.05) is 0 Å². The minimum atomic E-state index is -4.19. The van der Waals surface area contributed by atoms with E-state index in [9.17, 15) is 29.4 Å². The SMILES string of the molecule is O[P+](O)(O)CN(CCc1ccc(OP(S)OCCCO[P+](=S)OCCCOP=S)cc1)C[P+](O)(O)O. The predicted octanol–water partition coefficient (Wildman–Crippen LogP) is 3.40. The van der Waals surface area contributed by atoms with Gasteiger partial charge in [-0.15, -0.1) is 9.05 Å². The summed E-state index contributed by atoms with van der Waals surface area (Å²) in [5.41, 5.74) is 0.833. The van der Waals surface area contributed by atoms with Crippen molar-refractivity contribution in [2.75, 3.05) is 45.5 Å². The summed E-state index contributed by atoms with van der Waals surface area (Å²) < 4.78 is 27.0. The quantitative estimate of drug-likeness (QED) is 0.0580. The minimum absolute atomic E-state index is 0.137. The van der Waals surface area contributed by atoms with Gasteiger partial charge in [-0.2, -0.15) is 29.4 Å². The third kappa shape index (κ3) is 20.2. The van der Waals surface area contributed by atoms with E-state index < -0.39 is 43.2 Å². The molecule has 0 spiro atoms. The lowest BCUT2D eigenvalue weighted by molar-refractivity contribution is 0.224. The molecule has 2 unspecified atom stereocenters. The maximum absolute atomic E-state index is 9.26. The average molecular weight is 664 g/mol. The van der Waals surface area contributed by atoms with E-state index in [0.717, 1.165) is 5.56 Å². The van der Waals surface area contributed by atoms with Gasteiger partial charge in [0.1, 0.15) is 26.5 Å². The van der Waals surface area contributed by atoms with Gasteiger partial charge >= 0.3 is 23.0 Å². The van der Waals surface area contributed by atoms with E-state index in [1.165, 1.54) is 4.90 Å². The van der Waals surface area contributed by atoms with E-state index in [2.05, 4.69) is 24.1 Å². The largest absolute Gasteiger partial charge is 0.521 e.